The predicted molar refractivity (Wildman–Crippen MR) is 117 cm³/mol. The fraction of sp³-hybridized carbons (Fsp3) is 0.250. The Kier molecular flexibility index (Phi) is 6.39. The van der Waals surface area contributed by atoms with Crippen LogP contribution in [0.2, 0.25) is 0 Å². The van der Waals surface area contributed by atoms with Gasteiger partial charge in [0, 0.05) is 48.8 Å². The molecule has 1 aliphatic rings. The van der Waals surface area contributed by atoms with Crippen LogP contribution in [0.3, 0.4) is 0 Å². The largest absolute Gasteiger partial charge is 0.481 e. The van der Waals surface area contributed by atoms with Gasteiger partial charge in [-0.1, -0.05) is 0 Å². The zero-order chi connectivity index (χ0) is 22.5. The Morgan fingerprint density at radius 3 is 2.44 bits per heavy atom. The van der Waals surface area contributed by atoms with Gasteiger partial charge in [-0.25, -0.2) is 9.37 Å². The number of nitrogens with one attached hydrogen (secondary N) is 1. The van der Waals surface area contributed by atoms with Crippen LogP contribution in [-0.2, 0) is 0 Å². The lowest BCUT2D eigenvalue weighted by Crippen LogP contribution is -2.39. The predicted octanol–water partition coefficient (Wildman–Crippen LogP) is 3.90. The summed E-state index contributed by atoms with van der Waals surface area (Å²) in [7, 11) is 1.53. The smallest absolute Gasteiger partial charge is 0.257 e. The van der Waals surface area contributed by atoms with Crippen molar-refractivity contribution in [3.05, 3.63) is 83.6 Å². The monoisotopic (exact) mass is 434 g/mol. The summed E-state index contributed by atoms with van der Waals surface area (Å²) in [4.78, 5) is 35.7. The Hall–Kier alpha value is -3.81. The molecule has 3 aromatic rings. The highest BCUT2D eigenvalue weighted by Gasteiger charge is 2.26. The van der Waals surface area contributed by atoms with E-state index >= 15 is 0 Å². The fourth-order valence-corrected chi connectivity index (χ4v) is 3.73. The van der Waals surface area contributed by atoms with Gasteiger partial charge >= 0.3 is 0 Å². The van der Waals surface area contributed by atoms with Crippen molar-refractivity contribution in [1.29, 1.82) is 0 Å². The third kappa shape index (κ3) is 4.91. The second-order valence-corrected chi connectivity index (χ2v) is 7.61. The molecule has 8 heteroatoms. The van der Waals surface area contributed by atoms with Gasteiger partial charge in [0.05, 0.1) is 18.2 Å². The van der Waals surface area contributed by atoms with Gasteiger partial charge in [-0.3, -0.25) is 14.6 Å². The molecule has 1 aromatic carbocycles. The second-order valence-electron chi connectivity index (χ2n) is 7.61. The van der Waals surface area contributed by atoms with E-state index in [-0.39, 0.29) is 23.5 Å². The number of ether oxygens (including phenoxy) is 1. The molecule has 0 radical (unpaired) electrons. The van der Waals surface area contributed by atoms with Gasteiger partial charge in [0.2, 0.25) is 5.88 Å². The molecule has 1 aliphatic heterocycles. The number of halogens is 1. The standard InChI is InChI=1S/C24H23FN4O3/c1-32-22-11-5-17(14-27-22)24(31)29-12-2-3-18(15-29)21-10-4-16(13-26-21)23(30)28-20-8-6-19(25)7-9-20/h4-11,13-14,18H,2-3,12,15H2,1H3,(H,28,30). The highest BCUT2D eigenvalue weighted by Crippen LogP contribution is 2.27. The molecule has 3 heterocycles. The lowest BCUT2D eigenvalue weighted by molar-refractivity contribution is 0.0705. The van der Waals surface area contributed by atoms with Gasteiger partial charge in [-0.2, -0.15) is 0 Å². The van der Waals surface area contributed by atoms with Crippen molar-refractivity contribution in [1.82, 2.24) is 14.9 Å². The van der Waals surface area contributed by atoms with Gasteiger partial charge in [-0.15, -0.1) is 0 Å². The number of benzene rings is 1. The van der Waals surface area contributed by atoms with Gasteiger partial charge < -0.3 is 15.0 Å². The number of pyridine rings is 2. The summed E-state index contributed by atoms with van der Waals surface area (Å²) in [5, 5.41) is 2.72. The van der Waals surface area contributed by atoms with Crippen molar-refractivity contribution in [3.63, 3.8) is 0 Å². The number of piperidine rings is 1. The summed E-state index contributed by atoms with van der Waals surface area (Å²) in [6.45, 7) is 1.23. The lowest BCUT2D eigenvalue weighted by atomic mass is 9.93. The summed E-state index contributed by atoms with van der Waals surface area (Å²) in [5.74, 6) is -0.195. The number of hydrogen-bond donors (Lipinski definition) is 1. The first kappa shape index (κ1) is 21.4. The molecule has 0 saturated carbocycles. The topological polar surface area (TPSA) is 84.4 Å². The van der Waals surface area contributed by atoms with Crippen LogP contribution < -0.4 is 10.1 Å². The summed E-state index contributed by atoms with van der Waals surface area (Å²) in [6, 6.07) is 12.5. The molecule has 0 bridgehead atoms. The summed E-state index contributed by atoms with van der Waals surface area (Å²) >= 11 is 0. The van der Waals surface area contributed by atoms with Crippen LogP contribution in [0.15, 0.2) is 60.9 Å². The molecule has 4 rings (SSSR count). The quantitative estimate of drug-likeness (QED) is 0.659. The number of likely N-dealkylation sites (tertiary alicyclic amines) is 1. The molecule has 1 atom stereocenters. The maximum Gasteiger partial charge on any atom is 0.257 e. The normalized spacial score (nSPS) is 15.8. The number of aromatic nitrogens is 2. The van der Waals surface area contributed by atoms with Crippen molar-refractivity contribution in [2.24, 2.45) is 0 Å². The molecule has 0 spiro atoms. The average Bonchev–Trinajstić information content (AvgIpc) is 2.85. The van der Waals surface area contributed by atoms with Gasteiger partial charge in [0.25, 0.3) is 11.8 Å². The minimum Gasteiger partial charge on any atom is -0.481 e. The first-order valence-corrected chi connectivity index (χ1v) is 10.4. The summed E-state index contributed by atoms with van der Waals surface area (Å²) in [5.41, 5.74) is 2.28. The Bertz CT molecular complexity index is 1090. The fourth-order valence-electron chi connectivity index (χ4n) is 3.73. The summed E-state index contributed by atoms with van der Waals surface area (Å²) in [6.07, 6.45) is 4.84. The molecule has 1 N–H and O–H groups in total. The van der Waals surface area contributed by atoms with Crippen LogP contribution in [0.1, 0.15) is 45.2 Å². The van der Waals surface area contributed by atoms with Crippen molar-refractivity contribution >= 4 is 17.5 Å². The van der Waals surface area contributed by atoms with Crippen molar-refractivity contribution in [3.8, 4) is 5.88 Å². The molecule has 0 aliphatic carbocycles. The van der Waals surface area contributed by atoms with Crippen LogP contribution >= 0.6 is 0 Å². The Morgan fingerprint density at radius 2 is 1.78 bits per heavy atom. The number of rotatable bonds is 5. The SMILES string of the molecule is COc1ccc(C(=O)N2CCCC(c3ccc(C(=O)Nc4ccc(F)cc4)cn3)C2)cn1. The van der Waals surface area contributed by atoms with Crippen molar-refractivity contribution < 1.29 is 18.7 Å². The van der Waals surface area contributed by atoms with Crippen molar-refractivity contribution in [2.75, 3.05) is 25.5 Å². The molecule has 2 aromatic heterocycles. The van der Waals surface area contributed by atoms with E-state index in [1.54, 1.807) is 18.2 Å². The average molecular weight is 434 g/mol. The molecule has 1 saturated heterocycles. The minimum absolute atomic E-state index is 0.0693. The van der Waals surface area contributed by atoms with E-state index in [2.05, 4.69) is 15.3 Å². The number of carbonyl (C=O) groups is 2. The lowest BCUT2D eigenvalue weighted by Gasteiger charge is -2.32. The molecule has 164 valence electrons. The molecule has 2 amide bonds. The third-order valence-electron chi connectivity index (χ3n) is 5.47. The number of nitrogens with zero attached hydrogens (tertiary/aromatic N) is 3. The maximum absolute atomic E-state index is 13.0. The van der Waals surface area contributed by atoms with Crippen LogP contribution in [0.5, 0.6) is 5.88 Å². The number of anilines is 1. The van der Waals surface area contributed by atoms with E-state index in [0.717, 1.165) is 18.5 Å². The van der Waals surface area contributed by atoms with E-state index in [0.29, 0.717) is 35.8 Å². The Balaban J connectivity index is 1.40. The maximum atomic E-state index is 13.0. The number of hydrogen-bond acceptors (Lipinski definition) is 5. The third-order valence-corrected chi connectivity index (χ3v) is 5.47. The van der Waals surface area contributed by atoms with Crippen molar-refractivity contribution in [2.45, 2.75) is 18.8 Å². The van der Waals surface area contributed by atoms with E-state index in [1.165, 1.54) is 43.8 Å². The van der Waals surface area contributed by atoms with Gasteiger partial charge in [0.1, 0.15) is 5.82 Å². The number of methoxy groups -OCH3 is 1. The molecule has 32 heavy (non-hydrogen) atoms. The van der Waals surface area contributed by atoms with Crippen LogP contribution in [0.25, 0.3) is 0 Å². The first-order chi connectivity index (χ1) is 15.5. The van der Waals surface area contributed by atoms with Gasteiger partial charge in [0.15, 0.2) is 0 Å². The molecule has 1 unspecified atom stereocenters. The van der Waals surface area contributed by atoms with E-state index in [9.17, 15) is 14.0 Å². The first-order valence-electron chi connectivity index (χ1n) is 10.4. The second kappa shape index (κ2) is 9.55. The zero-order valence-corrected chi connectivity index (χ0v) is 17.6. The molecule has 7 nitrogen and oxygen atoms in total. The van der Waals surface area contributed by atoms with E-state index < -0.39 is 0 Å². The minimum atomic E-state index is -0.364. The molecular weight excluding hydrogens is 411 g/mol. The molecular formula is C24H23FN4O3. The van der Waals surface area contributed by atoms with E-state index in [1.807, 2.05) is 11.0 Å². The number of amides is 2. The van der Waals surface area contributed by atoms with Crippen LogP contribution in [0, 0.1) is 5.82 Å². The summed E-state index contributed by atoms with van der Waals surface area (Å²) < 4.78 is 18.1. The Morgan fingerprint density at radius 1 is 1.03 bits per heavy atom. The van der Waals surface area contributed by atoms with Gasteiger partial charge in [-0.05, 0) is 55.3 Å². The molecule has 1 fully saturated rings. The Labute approximate surface area is 185 Å². The van der Waals surface area contributed by atoms with Crippen LogP contribution in [0.4, 0.5) is 10.1 Å². The number of carbonyl (C=O) groups excluding carboxylic acids is 2. The van der Waals surface area contributed by atoms with Crippen LogP contribution in [-0.4, -0.2) is 46.9 Å². The van der Waals surface area contributed by atoms with E-state index in [4.69, 9.17) is 4.74 Å². The highest BCUT2D eigenvalue weighted by atomic mass is 19.1. The zero-order valence-electron chi connectivity index (χ0n) is 17.6. The highest BCUT2D eigenvalue weighted by molar-refractivity contribution is 6.04.